The molecule has 0 fully saturated rings. The maximum absolute atomic E-state index is 13.1. The van der Waals surface area contributed by atoms with Crippen molar-refractivity contribution in [2.75, 3.05) is 13.7 Å². The highest BCUT2D eigenvalue weighted by Gasteiger charge is 2.22. The van der Waals surface area contributed by atoms with Crippen LogP contribution in [0, 0.1) is 18.9 Å². The van der Waals surface area contributed by atoms with E-state index in [1.807, 2.05) is 19.1 Å². The van der Waals surface area contributed by atoms with Crippen LogP contribution in [0.5, 0.6) is 5.75 Å². The number of sulfonamides is 1. The van der Waals surface area contributed by atoms with Crippen molar-refractivity contribution in [1.82, 2.24) is 4.31 Å². The van der Waals surface area contributed by atoms with Crippen molar-refractivity contribution in [2.45, 2.75) is 18.2 Å². The lowest BCUT2D eigenvalue weighted by Crippen LogP contribution is -2.28. The normalized spacial score (nSPS) is 10.9. The van der Waals surface area contributed by atoms with Gasteiger partial charge in [-0.1, -0.05) is 15.9 Å². The monoisotopic (exact) mass is 473 g/mol. The molecule has 0 unspecified atom stereocenters. The van der Waals surface area contributed by atoms with Gasteiger partial charge in [-0.2, -0.15) is 0 Å². The van der Waals surface area contributed by atoms with Crippen LogP contribution < -0.4 is 4.74 Å². The molecule has 0 saturated heterocycles. The molecular weight excluding hydrogens is 454 g/mol. The summed E-state index contributed by atoms with van der Waals surface area (Å²) < 4.78 is 39.0. The molecule has 0 bridgehead atoms. The first-order chi connectivity index (χ1) is 13.9. The second kappa shape index (κ2) is 9.21. The van der Waals surface area contributed by atoms with Gasteiger partial charge in [-0.3, -0.25) is 0 Å². The fraction of sp³-hybridized carbons (Fsp3) is 0.182. The van der Waals surface area contributed by atoms with E-state index < -0.39 is 10.0 Å². The lowest BCUT2D eigenvalue weighted by Gasteiger charge is -2.17. The van der Waals surface area contributed by atoms with Crippen molar-refractivity contribution >= 4 is 26.0 Å². The highest BCUT2D eigenvalue weighted by molar-refractivity contribution is 9.10. The summed E-state index contributed by atoms with van der Waals surface area (Å²) in [6.45, 7) is 2.03. The number of methoxy groups -OCH3 is 1. The van der Waals surface area contributed by atoms with Crippen LogP contribution in [0.1, 0.15) is 17.1 Å². The first kappa shape index (κ1) is 21.0. The third-order valence-corrected chi connectivity index (χ3v) is 6.42. The zero-order valence-electron chi connectivity index (χ0n) is 16.1. The predicted molar refractivity (Wildman–Crippen MR) is 115 cm³/mol. The molecule has 0 saturated carbocycles. The average Bonchev–Trinajstić information content (AvgIpc) is 3.13. The van der Waals surface area contributed by atoms with Crippen LogP contribution in [0.25, 0.3) is 0 Å². The smallest absolute Gasteiger partial charge is 0.270 e. The second-order valence-corrected chi connectivity index (χ2v) is 9.04. The fourth-order valence-electron chi connectivity index (χ4n) is 2.60. The summed E-state index contributed by atoms with van der Waals surface area (Å²) in [5, 5.41) is 0. The lowest BCUT2D eigenvalue weighted by atomic mass is 10.2. The third-order valence-electron chi connectivity index (χ3n) is 4.17. The van der Waals surface area contributed by atoms with Crippen LogP contribution in [0.2, 0.25) is 0 Å². The van der Waals surface area contributed by atoms with Gasteiger partial charge in [0.15, 0.2) is 0 Å². The van der Waals surface area contributed by atoms with Crippen LogP contribution in [0.3, 0.4) is 0 Å². The lowest BCUT2D eigenvalue weighted by molar-refractivity contribution is 0.415. The Morgan fingerprint density at radius 1 is 1.03 bits per heavy atom. The molecule has 3 aromatic rings. The molecule has 0 amide bonds. The van der Waals surface area contributed by atoms with E-state index in [4.69, 9.17) is 9.15 Å². The quantitative estimate of drug-likeness (QED) is 0.387. The number of hydrogen-bond donors (Lipinski definition) is 0. The summed E-state index contributed by atoms with van der Waals surface area (Å²) in [5.74, 6) is 5.13. The van der Waals surface area contributed by atoms with E-state index in [0.717, 1.165) is 10.2 Å². The molecule has 0 aliphatic carbocycles. The van der Waals surface area contributed by atoms with Crippen LogP contribution in [0.15, 0.2) is 74.4 Å². The summed E-state index contributed by atoms with van der Waals surface area (Å²) in [4.78, 5) is 0.181. The number of aryl methyl sites for hydroxylation is 1. The largest absolute Gasteiger partial charge is 0.497 e. The number of ether oxygens (including phenoxy) is 1. The van der Waals surface area contributed by atoms with Crippen molar-refractivity contribution < 1.29 is 17.6 Å². The maximum atomic E-state index is 13.1. The molecule has 5 nitrogen and oxygen atoms in total. The minimum atomic E-state index is -3.79. The van der Waals surface area contributed by atoms with E-state index in [9.17, 15) is 8.42 Å². The van der Waals surface area contributed by atoms with Gasteiger partial charge in [0.1, 0.15) is 17.3 Å². The molecule has 150 valence electrons. The van der Waals surface area contributed by atoms with Crippen molar-refractivity contribution in [3.63, 3.8) is 0 Å². The summed E-state index contributed by atoms with van der Waals surface area (Å²) in [6, 6.07) is 20.1. The number of rotatable bonds is 6. The molecule has 3 rings (SSSR count). The first-order valence-corrected chi connectivity index (χ1v) is 11.1. The summed E-state index contributed by atoms with van der Waals surface area (Å²) in [6.07, 6.45) is 0.418. The Bertz CT molecular complexity index is 1120. The second-order valence-electron chi connectivity index (χ2n) is 6.26. The highest BCUT2D eigenvalue weighted by atomic mass is 79.9. The number of benzene rings is 2. The highest BCUT2D eigenvalue weighted by Crippen LogP contribution is 2.19. The van der Waals surface area contributed by atoms with Gasteiger partial charge in [-0.05, 0) is 73.5 Å². The Labute approximate surface area is 179 Å². The Balaban J connectivity index is 1.90. The number of halogens is 1. The zero-order chi connectivity index (χ0) is 20.9. The molecule has 0 radical (unpaired) electrons. The van der Waals surface area contributed by atoms with Crippen LogP contribution in [0.4, 0.5) is 0 Å². The van der Waals surface area contributed by atoms with Crippen LogP contribution >= 0.6 is 15.9 Å². The van der Waals surface area contributed by atoms with Gasteiger partial charge < -0.3 is 9.15 Å². The van der Waals surface area contributed by atoms with E-state index in [-0.39, 0.29) is 11.4 Å². The molecule has 7 heteroatoms. The Hall–Kier alpha value is -2.69. The maximum Gasteiger partial charge on any atom is 0.270 e. The van der Waals surface area contributed by atoms with Crippen molar-refractivity contribution in [1.29, 1.82) is 0 Å². The van der Waals surface area contributed by atoms with Crippen molar-refractivity contribution in [3.05, 3.63) is 82.2 Å². The molecule has 0 aliphatic heterocycles. The van der Waals surface area contributed by atoms with Gasteiger partial charge in [0, 0.05) is 22.5 Å². The SMILES string of the molecule is COc1ccc(C#CN(CCc2ccc(C)o2)S(=O)(=O)c2ccc(Br)cc2)cc1. The van der Waals surface area contributed by atoms with Crippen molar-refractivity contribution in [3.8, 4) is 17.7 Å². The topological polar surface area (TPSA) is 59.8 Å². The third kappa shape index (κ3) is 5.43. The molecule has 1 aromatic heterocycles. The minimum absolute atomic E-state index is 0.175. The molecule has 0 atom stereocenters. The van der Waals surface area contributed by atoms with E-state index in [0.29, 0.717) is 23.5 Å². The van der Waals surface area contributed by atoms with Gasteiger partial charge in [0.2, 0.25) is 0 Å². The molecule has 0 aliphatic rings. The number of nitrogens with zero attached hydrogens (tertiary/aromatic N) is 1. The standard InChI is InChI=1S/C22H20BrNO4S/c1-17-3-8-21(28-17)14-16-24(15-13-18-4-9-20(27-2)10-5-18)29(25,26)22-11-6-19(23)7-12-22/h3-12H,14,16H2,1-2H3. The van der Waals surface area contributed by atoms with E-state index >= 15 is 0 Å². The van der Waals surface area contributed by atoms with Crippen molar-refractivity contribution in [2.24, 2.45) is 0 Å². The number of furan rings is 1. The van der Waals surface area contributed by atoms with E-state index in [2.05, 4.69) is 27.9 Å². The molecule has 0 N–H and O–H groups in total. The molecule has 29 heavy (non-hydrogen) atoms. The predicted octanol–water partition coefficient (Wildman–Crippen LogP) is 4.60. The average molecular weight is 474 g/mol. The van der Waals surface area contributed by atoms with Crippen LogP contribution in [-0.2, 0) is 16.4 Å². The summed E-state index contributed by atoms with van der Waals surface area (Å²) in [7, 11) is -2.20. The van der Waals surface area contributed by atoms with Crippen LogP contribution in [-0.4, -0.2) is 26.4 Å². The number of hydrogen-bond acceptors (Lipinski definition) is 4. The molecular formula is C22H20BrNO4S. The Morgan fingerprint density at radius 2 is 1.72 bits per heavy atom. The summed E-state index contributed by atoms with van der Waals surface area (Å²) >= 11 is 3.33. The zero-order valence-corrected chi connectivity index (χ0v) is 18.5. The molecule has 1 heterocycles. The fourth-order valence-corrected chi connectivity index (χ4v) is 4.10. The van der Waals surface area contributed by atoms with Gasteiger partial charge >= 0.3 is 0 Å². The minimum Gasteiger partial charge on any atom is -0.497 e. The Morgan fingerprint density at radius 3 is 2.31 bits per heavy atom. The van der Waals surface area contributed by atoms with Gasteiger partial charge in [0.05, 0.1) is 18.6 Å². The summed E-state index contributed by atoms with van der Waals surface area (Å²) in [5.41, 5.74) is 0.690. The molecule has 0 spiro atoms. The molecule has 2 aromatic carbocycles. The van der Waals surface area contributed by atoms with Gasteiger partial charge in [0.25, 0.3) is 10.0 Å². The Kier molecular flexibility index (Phi) is 6.68. The van der Waals surface area contributed by atoms with Gasteiger partial charge in [-0.15, -0.1) is 0 Å². The van der Waals surface area contributed by atoms with Gasteiger partial charge in [-0.25, -0.2) is 12.7 Å². The first-order valence-electron chi connectivity index (χ1n) is 8.88. The van der Waals surface area contributed by atoms with E-state index in [1.165, 1.54) is 4.31 Å². The van der Waals surface area contributed by atoms with E-state index in [1.54, 1.807) is 55.6 Å².